The number of allylic oxidation sites excluding steroid dienone is 4. The van der Waals surface area contributed by atoms with Gasteiger partial charge in [-0.15, -0.1) is 0 Å². The van der Waals surface area contributed by atoms with E-state index in [4.69, 9.17) is 16.3 Å². The van der Waals surface area contributed by atoms with Gasteiger partial charge in [0.25, 0.3) is 0 Å². The highest BCUT2D eigenvalue weighted by atomic mass is 35.5. The molecular formula is C21H20ClNO4. The van der Waals surface area contributed by atoms with E-state index in [1.807, 2.05) is 13.8 Å². The summed E-state index contributed by atoms with van der Waals surface area (Å²) in [4.78, 5) is 39.6. The van der Waals surface area contributed by atoms with Crippen molar-refractivity contribution in [3.63, 3.8) is 0 Å². The molecule has 27 heavy (non-hydrogen) atoms. The smallest absolute Gasteiger partial charge is 0.339 e. The third-order valence-electron chi connectivity index (χ3n) is 5.70. The Kier molecular flexibility index (Phi) is 4.22. The van der Waals surface area contributed by atoms with Crippen LogP contribution in [0.1, 0.15) is 31.1 Å². The molecule has 1 aromatic rings. The molecular weight excluding hydrogens is 366 g/mol. The van der Waals surface area contributed by atoms with Crippen LogP contribution < -0.4 is 4.90 Å². The molecule has 5 nitrogen and oxygen atoms in total. The first-order valence-corrected chi connectivity index (χ1v) is 9.44. The summed E-state index contributed by atoms with van der Waals surface area (Å²) in [6.45, 7) is 5.97. The van der Waals surface area contributed by atoms with E-state index in [1.165, 1.54) is 28.2 Å². The SMILES string of the molecule is CCOC(=O)c1cc(N2C(=O)[C@@H]3[C@H](C2=O)[C@H]2C=C[C@@H]3C2=C(C)C)ccc1Cl. The average Bonchev–Trinajstić information content (AvgIpc) is 3.26. The van der Waals surface area contributed by atoms with Gasteiger partial charge in [0, 0.05) is 11.8 Å². The van der Waals surface area contributed by atoms with E-state index in [9.17, 15) is 14.4 Å². The van der Waals surface area contributed by atoms with Crippen LogP contribution in [0.2, 0.25) is 5.02 Å². The van der Waals surface area contributed by atoms with Crippen molar-refractivity contribution >= 4 is 35.1 Å². The highest BCUT2D eigenvalue weighted by Gasteiger charge is 2.61. The standard InChI is InChI=1S/C21H20ClNO4/c1-4-27-21(26)14-9-11(5-8-15(14)22)23-19(24)17-12-6-7-13(16(12)10(2)3)18(17)20(23)25/h5-9,12-13,17-18H,4H2,1-3H3/t12-,13+,17+,18-. The van der Waals surface area contributed by atoms with Crippen LogP contribution in [0.25, 0.3) is 0 Å². The number of ether oxygens (including phenoxy) is 1. The summed E-state index contributed by atoms with van der Waals surface area (Å²) in [7, 11) is 0. The van der Waals surface area contributed by atoms with Crippen molar-refractivity contribution in [2.75, 3.05) is 11.5 Å². The van der Waals surface area contributed by atoms with E-state index in [0.29, 0.717) is 5.69 Å². The highest BCUT2D eigenvalue weighted by Crippen LogP contribution is 2.57. The predicted molar refractivity (Wildman–Crippen MR) is 101 cm³/mol. The minimum absolute atomic E-state index is 0.0109. The monoisotopic (exact) mass is 385 g/mol. The Labute approximate surface area is 162 Å². The summed E-state index contributed by atoms with van der Waals surface area (Å²) in [5.74, 6) is -1.74. The van der Waals surface area contributed by atoms with Crippen molar-refractivity contribution in [3.05, 3.63) is 52.1 Å². The third-order valence-corrected chi connectivity index (χ3v) is 6.03. The summed E-state index contributed by atoms with van der Waals surface area (Å²) in [6, 6.07) is 4.58. The maximum Gasteiger partial charge on any atom is 0.339 e. The van der Waals surface area contributed by atoms with Gasteiger partial charge in [-0.05, 0) is 39.0 Å². The Morgan fingerprint density at radius 2 is 1.70 bits per heavy atom. The average molecular weight is 386 g/mol. The zero-order chi connectivity index (χ0) is 19.5. The molecule has 0 radical (unpaired) electrons. The number of rotatable bonds is 3. The van der Waals surface area contributed by atoms with Crippen LogP contribution in [-0.4, -0.2) is 24.4 Å². The first kappa shape index (κ1) is 18.0. The largest absolute Gasteiger partial charge is 0.462 e. The number of hydrogen-bond donors (Lipinski definition) is 0. The van der Waals surface area contributed by atoms with Gasteiger partial charge in [-0.2, -0.15) is 0 Å². The lowest BCUT2D eigenvalue weighted by atomic mass is 9.85. The van der Waals surface area contributed by atoms with E-state index < -0.39 is 5.97 Å². The van der Waals surface area contributed by atoms with Gasteiger partial charge in [0.05, 0.1) is 34.7 Å². The molecule has 4 atom stereocenters. The molecule has 1 aromatic carbocycles. The maximum atomic E-state index is 13.1. The van der Waals surface area contributed by atoms with Crippen molar-refractivity contribution in [3.8, 4) is 0 Å². The van der Waals surface area contributed by atoms with E-state index in [-0.39, 0.29) is 52.7 Å². The lowest BCUT2D eigenvalue weighted by Crippen LogP contribution is -2.33. The predicted octanol–water partition coefficient (Wildman–Crippen LogP) is 3.77. The van der Waals surface area contributed by atoms with Gasteiger partial charge >= 0.3 is 5.97 Å². The van der Waals surface area contributed by atoms with Crippen molar-refractivity contribution in [1.82, 2.24) is 0 Å². The number of imide groups is 1. The summed E-state index contributed by atoms with van der Waals surface area (Å²) in [6.07, 6.45) is 4.10. The fraction of sp³-hybridized carbons (Fsp3) is 0.381. The molecule has 140 valence electrons. The number of anilines is 1. The molecule has 3 aliphatic rings. The third kappa shape index (κ3) is 2.48. The topological polar surface area (TPSA) is 63.7 Å². The maximum absolute atomic E-state index is 13.1. The van der Waals surface area contributed by atoms with Crippen molar-refractivity contribution < 1.29 is 19.1 Å². The number of halogens is 1. The van der Waals surface area contributed by atoms with Gasteiger partial charge in [-0.3, -0.25) is 9.59 Å². The van der Waals surface area contributed by atoms with Crippen molar-refractivity contribution in [2.24, 2.45) is 23.7 Å². The van der Waals surface area contributed by atoms with Crippen molar-refractivity contribution in [2.45, 2.75) is 20.8 Å². The number of benzene rings is 1. The quantitative estimate of drug-likeness (QED) is 0.451. The first-order valence-electron chi connectivity index (χ1n) is 9.06. The molecule has 0 aromatic heterocycles. The lowest BCUT2D eigenvalue weighted by Gasteiger charge is -2.20. The van der Waals surface area contributed by atoms with Gasteiger partial charge in [0.1, 0.15) is 0 Å². The number of amides is 2. The number of carbonyl (C=O) groups excluding carboxylic acids is 3. The second-order valence-corrected chi connectivity index (χ2v) is 7.75. The normalized spacial score (nSPS) is 28.1. The Morgan fingerprint density at radius 1 is 1.11 bits per heavy atom. The summed E-state index contributed by atoms with van der Waals surface area (Å²) < 4.78 is 5.01. The minimum atomic E-state index is -0.572. The zero-order valence-electron chi connectivity index (χ0n) is 15.4. The molecule has 2 bridgehead atoms. The van der Waals surface area contributed by atoms with Crippen LogP contribution in [0.3, 0.4) is 0 Å². The summed E-state index contributed by atoms with van der Waals surface area (Å²) >= 11 is 6.11. The number of esters is 1. The van der Waals surface area contributed by atoms with Crippen LogP contribution in [0.5, 0.6) is 0 Å². The van der Waals surface area contributed by atoms with E-state index >= 15 is 0 Å². The fourth-order valence-electron chi connectivity index (χ4n) is 4.70. The van der Waals surface area contributed by atoms with Crippen molar-refractivity contribution in [1.29, 1.82) is 0 Å². The van der Waals surface area contributed by atoms with Crippen LogP contribution in [-0.2, 0) is 14.3 Å². The van der Waals surface area contributed by atoms with Crippen LogP contribution in [0.4, 0.5) is 5.69 Å². The van der Waals surface area contributed by atoms with Gasteiger partial charge in [0.15, 0.2) is 0 Å². The second kappa shape index (κ2) is 6.34. The number of hydrogen-bond acceptors (Lipinski definition) is 4. The van der Waals surface area contributed by atoms with Crippen LogP contribution >= 0.6 is 11.6 Å². The molecule has 2 fully saturated rings. The summed E-state index contributed by atoms with van der Waals surface area (Å²) in [5.41, 5.74) is 2.90. The van der Waals surface area contributed by atoms with E-state index in [1.54, 1.807) is 13.0 Å². The Morgan fingerprint density at radius 3 is 2.22 bits per heavy atom. The van der Waals surface area contributed by atoms with E-state index in [2.05, 4.69) is 12.2 Å². The minimum Gasteiger partial charge on any atom is -0.462 e. The highest BCUT2D eigenvalue weighted by molar-refractivity contribution is 6.34. The van der Waals surface area contributed by atoms with Crippen LogP contribution in [0, 0.1) is 23.7 Å². The molecule has 1 heterocycles. The van der Waals surface area contributed by atoms with Gasteiger partial charge in [-0.1, -0.05) is 34.9 Å². The van der Waals surface area contributed by atoms with Gasteiger partial charge < -0.3 is 4.74 Å². The van der Waals surface area contributed by atoms with Gasteiger partial charge in [-0.25, -0.2) is 9.69 Å². The first-order chi connectivity index (χ1) is 12.9. The number of nitrogens with zero attached hydrogens (tertiary/aromatic N) is 1. The number of fused-ring (bicyclic) bond motifs is 5. The molecule has 4 rings (SSSR count). The Balaban J connectivity index is 1.72. The van der Waals surface area contributed by atoms with E-state index in [0.717, 1.165) is 0 Å². The zero-order valence-corrected chi connectivity index (χ0v) is 16.1. The molecule has 6 heteroatoms. The Bertz CT molecular complexity index is 894. The molecule has 2 aliphatic carbocycles. The second-order valence-electron chi connectivity index (χ2n) is 7.34. The molecule has 2 amide bonds. The molecule has 0 N–H and O–H groups in total. The Hall–Kier alpha value is -2.40. The molecule has 0 spiro atoms. The lowest BCUT2D eigenvalue weighted by molar-refractivity contribution is -0.122. The molecule has 1 saturated heterocycles. The molecule has 1 aliphatic heterocycles. The van der Waals surface area contributed by atoms with Gasteiger partial charge in [0.2, 0.25) is 11.8 Å². The summed E-state index contributed by atoms with van der Waals surface area (Å²) in [5, 5.41) is 0.227. The molecule has 1 saturated carbocycles. The van der Waals surface area contributed by atoms with Crippen LogP contribution in [0.15, 0.2) is 41.5 Å². The molecule has 0 unspecified atom stereocenters. The fourth-order valence-corrected chi connectivity index (χ4v) is 4.90. The number of carbonyl (C=O) groups is 3.